The van der Waals surface area contributed by atoms with Crippen molar-refractivity contribution < 1.29 is 22.7 Å². The Balaban J connectivity index is 0.00000338. The first kappa shape index (κ1) is 22.3. The van der Waals surface area contributed by atoms with Gasteiger partial charge in [0.05, 0.1) is 11.1 Å². The smallest absolute Gasteiger partial charge is 0.416 e. The average Bonchev–Trinajstić information content (AvgIpc) is 2.57. The molecule has 8 heteroatoms. The minimum Gasteiger partial charge on any atom is -0.489 e. The van der Waals surface area contributed by atoms with E-state index in [1.54, 1.807) is 0 Å². The van der Waals surface area contributed by atoms with Crippen LogP contribution in [0.4, 0.5) is 13.2 Å². The second kappa shape index (κ2) is 9.28. The maximum Gasteiger partial charge on any atom is 0.416 e. The fourth-order valence-electron chi connectivity index (χ4n) is 2.75. The van der Waals surface area contributed by atoms with Gasteiger partial charge in [-0.15, -0.1) is 12.4 Å². The molecule has 1 aromatic rings. The van der Waals surface area contributed by atoms with Crippen molar-refractivity contribution in [2.75, 3.05) is 26.2 Å². The number of ether oxygens (including phenoxy) is 1. The molecular weight excluding hydrogens is 369 g/mol. The van der Waals surface area contributed by atoms with Crippen LogP contribution in [0.3, 0.4) is 0 Å². The maximum absolute atomic E-state index is 13.0. The number of nitrogens with one attached hydrogen (secondary N) is 2. The summed E-state index contributed by atoms with van der Waals surface area (Å²) in [6.07, 6.45) is -1.26. The zero-order valence-electron chi connectivity index (χ0n) is 14.6. The fourth-order valence-corrected chi connectivity index (χ4v) is 2.75. The first-order valence-corrected chi connectivity index (χ1v) is 8.19. The predicted molar refractivity (Wildman–Crippen MR) is 96.9 cm³/mol. The van der Waals surface area contributed by atoms with Crippen LogP contribution >= 0.6 is 12.4 Å². The van der Waals surface area contributed by atoms with Gasteiger partial charge >= 0.3 is 6.18 Å². The van der Waals surface area contributed by atoms with Crippen LogP contribution in [-0.4, -0.2) is 32.1 Å². The Kier molecular flexibility index (Phi) is 7.96. The molecule has 0 spiro atoms. The van der Waals surface area contributed by atoms with Crippen molar-refractivity contribution in [3.05, 3.63) is 42.0 Å². The Labute approximate surface area is 157 Å². The molecule has 0 atom stereocenters. The lowest BCUT2D eigenvalue weighted by Crippen LogP contribution is -2.43. The van der Waals surface area contributed by atoms with Crippen LogP contribution in [0.2, 0.25) is 0 Å². The molecule has 0 saturated carbocycles. The summed E-state index contributed by atoms with van der Waals surface area (Å²) in [6, 6.07) is 2.91. The lowest BCUT2D eigenvalue weighted by atomic mass is 9.81. The molecule has 0 radical (unpaired) electrons. The molecule has 1 aliphatic rings. The monoisotopic (exact) mass is 392 g/mol. The molecule has 1 fully saturated rings. The Bertz CT molecular complexity index is 629. The largest absolute Gasteiger partial charge is 0.489 e. The van der Waals surface area contributed by atoms with E-state index in [1.165, 1.54) is 12.1 Å². The average molecular weight is 393 g/mol. The highest BCUT2D eigenvalue weighted by Gasteiger charge is 2.33. The van der Waals surface area contributed by atoms with Gasteiger partial charge < -0.3 is 15.4 Å². The standard InChI is InChI=1S/C18H23F3N2O2.ClH/c1-3-10-25-15-5-4-13(18(19,20)21)11-14(15)16(24)23-12-17(2)6-8-22-9-7-17;/h3-5,11,22H,1,6-10,12H2,2H3,(H,23,24);1H. The van der Waals surface area contributed by atoms with E-state index < -0.39 is 17.6 Å². The Hall–Kier alpha value is -1.73. The summed E-state index contributed by atoms with van der Waals surface area (Å²) >= 11 is 0. The molecule has 0 unspecified atom stereocenters. The van der Waals surface area contributed by atoms with Crippen molar-refractivity contribution in [3.8, 4) is 5.75 Å². The summed E-state index contributed by atoms with van der Waals surface area (Å²) in [5.74, 6) is -0.453. The molecule has 1 aromatic carbocycles. The van der Waals surface area contributed by atoms with Crippen LogP contribution < -0.4 is 15.4 Å². The van der Waals surface area contributed by atoms with Gasteiger partial charge in [0.2, 0.25) is 0 Å². The second-order valence-electron chi connectivity index (χ2n) is 6.55. The van der Waals surface area contributed by atoms with Gasteiger partial charge in [-0.05, 0) is 49.5 Å². The molecule has 0 bridgehead atoms. The third kappa shape index (κ3) is 5.92. The molecule has 1 amide bonds. The van der Waals surface area contributed by atoms with Crippen molar-refractivity contribution in [3.63, 3.8) is 0 Å². The van der Waals surface area contributed by atoms with Crippen LogP contribution in [0, 0.1) is 5.41 Å². The third-order valence-corrected chi connectivity index (χ3v) is 4.39. The molecule has 26 heavy (non-hydrogen) atoms. The van der Waals surface area contributed by atoms with Crippen LogP contribution in [0.25, 0.3) is 0 Å². The molecule has 2 N–H and O–H groups in total. The van der Waals surface area contributed by atoms with Crippen molar-refractivity contribution in [1.82, 2.24) is 10.6 Å². The molecule has 1 heterocycles. The number of benzene rings is 1. The molecule has 146 valence electrons. The van der Waals surface area contributed by atoms with Crippen molar-refractivity contribution >= 4 is 18.3 Å². The molecule has 1 saturated heterocycles. The number of hydrogen-bond acceptors (Lipinski definition) is 3. The van der Waals surface area contributed by atoms with E-state index in [0.717, 1.165) is 38.1 Å². The first-order valence-electron chi connectivity index (χ1n) is 8.19. The van der Waals surface area contributed by atoms with Crippen molar-refractivity contribution in [1.29, 1.82) is 0 Å². The number of rotatable bonds is 6. The number of carbonyl (C=O) groups excluding carboxylic acids is 1. The second-order valence-corrected chi connectivity index (χ2v) is 6.55. The summed E-state index contributed by atoms with van der Waals surface area (Å²) in [6.45, 7) is 7.81. The van der Waals surface area contributed by atoms with Crippen LogP contribution in [0.15, 0.2) is 30.9 Å². The SMILES string of the molecule is C=CCOc1ccc(C(F)(F)F)cc1C(=O)NCC1(C)CCNCC1.Cl. The highest BCUT2D eigenvalue weighted by atomic mass is 35.5. The lowest BCUT2D eigenvalue weighted by Gasteiger charge is -2.34. The predicted octanol–water partition coefficient (Wildman–Crippen LogP) is 3.81. The minimum absolute atomic E-state index is 0. The molecule has 4 nitrogen and oxygen atoms in total. The lowest BCUT2D eigenvalue weighted by molar-refractivity contribution is -0.137. The minimum atomic E-state index is -4.52. The van der Waals surface area contributed by atoms with Gasteiger partial charge in [0.15, 0.2) is 0 Å². The summed E-state index contributed by atoms with van der Waals surface area (Å²) in [4.78, 5) is 12.5. The van der Waals surface area contributed by atoms with E-state index in [2.05, 4.69) is 24.1 Å². The number of halogens is 4. The highest BCUT2D eigenvalue weighted by Crippen LogP contribution is 2.33. The van der Waals surface area contributed by atoms with Gasteiger partial charge in [0.25, 0.3) is 5.91 Å². The summed E-state index contributed by atoms with van der Waals surface area (Å²) in [5.41, 5.74) is -1.06. The highest BCUT2D eigenvalue weighted by molar-refractivity contribution is 5.97. The van der Waals surface area contributed by atoms with Crippen LogP contribution in [0.5, 0.6) is 5.75 Å². The number of hydrogen-bond donors (Lipinski definition) is 2. The Morgan fingerprint density at radius 3 is 2.62 bits per heavy atom. The first-order chi connectivity index (χ1) is 11.7. The Morgan fingerprint density at radius 1 is 1.38 bits per heavy atom. The summed E-state index contributed by atoms with van der Waals surface area (Å²) in [7, 11) is 0. The normalized spacial score (nSPS) is 16.3. The van der Waals surface area contributed by atoms with E-state index in [0.29, 0.717) is 6.54 Å². The Morgan fingerprint density at radius 2 is 2.04 bits per heavy atom. The molecule has 0 aliphatic carbocycles. The van der Waals surface area contributed by atoms with E-state index in [9.17, 15) is 18.0 Å². The summed E-state index contributed by atoms with van der Waals surface area (Å²) < 4.78 is 44.2. The van der Waals surface area contributed by atoms with Crippen LogP contribution in [0.1, 0.15) is 35.7 Å². The number of amides is 1. The third-order valence-electron chi connectivity index (χ3n) is 4.39. The molecular formula is C18H24ClF3N2O2. The van der Waals surface area contributed by atoms with E-state index in [4.69, 9.17) is 4.74 Å². The van der Waals surface area contributed by atoms with E-state index in [-0.39, 0.29) is 35.7 Å². The van der Waals surface area contributed by atoms with E-state index >= 15 is 0 Å². The maximum atomic E-state index is 13.0. The van der Waals surface area contributed by atoms with Gasteiger partial charge in [-0.2, -0.15) is 13.2 Å². The zero-order chi connectivity index (χ0) is 18.5. The molecule has 2 rings (SSSR count). The molecule has 1 aliphatic heterocycles. The number of alkyl halides is 3. The zero-order valence-corrected chi connectivity index (χ0v) is 15.4. The van der Waals surface area contributed by atoms with Crippen LogP contribution in [-0.2, 0) is 6.18 Å². The van der Waals surface area contributed by atoms with Crippen molar-refractivity contribution in [2.24, 2.45) is 5.41 Å². The van der Waals surface area contributed by atoms with E-state index in [1.807, 2.05) is 0 Å². The fraction of sp³-hybridized carbons (Fsp3) is 0.500. The summed E-state index contributed by atoms with van der Waals surface area (Å²) in [5, 5.41) is 6.01. The van der Waals surface area contributed by atoms with Gasteiger partial charge in [-0.1, -0.05) is 19.6 Å². The molecule has 0 aromatic heterocycles. The quantitative estimate of drug-likeness (QED) is 0.724. The van der Waals surface area contributed by atoms with Gasteiger partial charge in [0, 0.05) is 6.54 Å². The number of carbonyl (C=O) groups is 1. The van der Waals surface area contributed by atoms with Gasteiger partial charge in [0.1, 0.15) is 12.4 Å². The van der Waals surface area contributed by atoms with Gasteiger partial charge in [-0.3, -0.25) is 4.79 Å². The topological polar surface area (TPSA) is 50.4 Å². The van der Waals surface area contributed by atoms with Crippen molar-refractivity contribution in [2.45, 2.75) is 25.9 Å². The van der Waals surface area contributed by atoms with Gasteiger partial charge in [-0.25, -0.2) is 0 Å². The number of piperidine rings is 1.